The summed E-state index contributed by atoms with van der Waals surface area (Å²) < 4.78 is 6.30. The van der Waals surface area contributed by atoms with E-state index in [-0.39, 0.29) is 11.9 Å². The molecule has 0 aliphatic carbocycles. The Morgan fingerprint density at radius 3 is 3.00 bits per heavy atom. The second-order valence-corrected chi connectivity index (χ2v) is 4.61. The molecule has 1 heterocycles. The van der Waals surface area contributed by atoms with Gasteiger partial charge in [-0.2, -0.15) is 0 Å². The van der Waals surface area contributed by atoms with E-state index in [9.17, 15) is 4.79 Å². The number of carbonyl (C=O) groups excluding carboxylic acids is 1. The number of halogens is 2. The molecular formula is C10H8BrClO2. The van der Waals surface area contributed by atoms with E-state index in [1.165, 1.54) is 0 Å². The summed E-state index contributed by atoms with van der Waals surface area (Å²) in [6.07, 6.45) is 0.354. The van der Waals surface area contributed by atoms with Crippen molar-refractivity contribution in [2.45, 2.75) is 19.4 Å². The third-order valence-corrected chi connectivity index (χ3v) is 2.91. The standard InChI is InChI=1S/C10H8BrClO2/c1-5-2-9(13)7-3-6(12)4-8(11)10(7)14-5/h3-5H,2H2,1H3. The minimum atomic E-state index is -0.0625. The molecule has 0 amide bonds. The zero-order chi connectivity index (χ0) is 10.3. The van der Waals surface area contributed by atoms with Gasteiger partial charge in [-0.25, -0.2) is 0 Å². The molecule has 0 aromatic heterocycles. The third-order valence-electron chi connectivity index (χ3n) is 2.10. The highest BCUT2D eigenvalue weighted by molar-refractivity contribution is 9.10. The van der Waals surface area contributed by atoms with Crippen LogP contribution in [0.5, 0.6) is 5.75 Å². The molecule has 1 atom stereocenters. The van der Waals surface area contributed by atoms with E-state index in [0.717, 1.165) is 4.47 Å². The lowest BCUT2D eigenvalue weighted by Gasteiger charge is -2.23. The van der Waals surface area contributed by atoms with Crippen molar-refractivity contribution in [3.8, 4) is 5.75 Å². The fourth-order valence-electron chi connectivity index (χ4n) is 1.50. The molecule has 1 aliphatic rings. The average molecular weight is 276 g/mol. The number of fused-ring (bicyclic) bond motifs is 1. The van der Waals surface area contributed by atoms with Crippen LogP contribution in [0, 0.1) is 0 Å². The lowest BCUT2D eigenvalue weighted by atomic mass is 10.0. The van der Waals surface area contributed by atoms with Crippen molar-refractivity contribution in [3.63, 3.8) is 0 Å². The van der Waals surface area contributed by atoms with Gasteiger partial charge in [0.15, 0.2) is 5.78 Å². The smallest absolute Gasteiger partial charge is 0.170 e. The van der Waals surface area contributed by atoms with E-state index < -0.39 is 0 Å². The summed E-state index contributed by atoms with van der Waals surface area (Å²) in [7, 11) is 0. The summed E-state index contributed by atoms with van der Waals surface area (Å²) in [4.78, 5) is 11.6. The van der Waals surface area contributed by atoms with Crippen LogP contribution < -0.4 is 4.74 Å². The van der Waals surface area contributed by atoms with Gasteiger partial charge in [0, 0.05) is 11.4 Å². The zero-order valence-electron chi connectivity index (χ0n) is 7.51. The second-order valence-electron chi connectivity index (χ2n) is 3.32. The molecule has 74 valence electrons. The van der Waals surface area contributed by atoms with Gasteiger partial charge in [-0.05, 0) is 35.0 Å². The number of benzene rings is 1. The van der Waals surface area contributed by atoms with Gasteiger partial charge in [0.05, 0.1) is 10.0 Å². The maximum absolute atomic E-state index is 11.6. The van der Waals surface area contributed by atoms with Crippen molar-refractivity contribution in [3.05, 3.63) is 27.2 Å². The molecular weight excluding hydrogens is 267 g/mol. The van der Waals surface area contributed by atoms with Crippen molar-refractivity contribution in [2.75, 3.05) is 0 Å². The Balaban J connectivity index is 2.59. The molecule has 0 spiro atoms. The van der Waals surface area contributed by atoms with Crippen molar-refractivity contribution in [1.29, 1.82) is 0 Å². The number of Topliss-reactive ketones (excluding diaryl/α,β-unsaturated/α-hetero) is 1. The molecule has 0 fully saturated rings. The Kier molecular flexibility index (Phi) is 2.54. The molecule has 0 saturated heterocycles. The van der Waals surface area contributed by atoms with Crippen LogP contribution in [-0.4, -0.2) is 11.9 Å². The van der Waals surface area contributed by atoms with Crippen LogP contribution in [0.25, 0.3) is 0 Å². The minimum Gasteiger partial charge on any atom is -0.488 e. The molecule has 0 N–H and O–H groups in total. The summed E-state index contributed by atoms with van der Waals surface area (Å²) in [6, 6.07) is 3.38. The van der Waals surface area contributed by atoms with Crippen LogP contribution in [0.2, 0.25) is 5.02 Å². The molecule has 4 heteroatoms. The van der Waals surface area contributed by atoms with Crippen molar-refractivity contribution < 1.29 is 9.53 Å². The monoisotopic (exact) mass is 274 g/mol. The average Bonchev–Trinajstić information content (AvgIpc) is 2.07. The second kappa shape index (κ2) is 3.55. The third kappa shape index (κ3) is 1.66. The maximum atomic E-state index is 11.6. The normalized spacial score (nSPS) is 20.2. The highest BCUT2D eigenvalue weighted by Gasteiger charge is 2.25. The van der Waals surface area contributed by atoms with Gasteiger partial charge in [-0.3, -0.25) is 4.79 Å². The summed E-state index contributed by atoms with van der Waals surface area (Å²) in [6.45, 7) is 1.88. The highest BCUT2D eigenvalue weighted by Crippen LogP contribution is 2.37. The van der Waals surface area contributed by atoms with Gasteiger partial charge in [-0.1, -0.05) is 11.6 Å². The lowest BCUT2D eigenvalue weighted by Crippen LogP contribution is -2.24. The first kappa shape index (κ1) is 9.99. The first-order valence-electron chi connectivity index (χ1n) is 4.27. The Bertz CT molecular complexity index is 403. The largest absolute Gasteiger partial charge is 0.488 e. The number of ketones is 1. The molecule has 1 aromatic rings. The van der Waals surface area contributed by atoms with Crippen LogP contribution in [-0.2, 0) is 0 Å². The fraction of sp³-hybridized carbons (Fsp3) is 0.300. The minimum absolute atomic E-state index is 0.0625. The van der Waals surface area contributed by atoms with Crippen LogP contribution in [0.1, 0.15) is 23.7 Å². The van der Waals surface area contributed by atoms with E-state index >= 15 is 0 Å². The Morgan fingerprint density at radius 1 is 1.57 bits per heavy atom. The molecule has 14 heavy (non-hydrogen) atoms. The summed E-state index contributed by atoms with van der Waals surface area (Å²) in [5.74, 6) is 0.695. The van der Waals surface area contributed by atoms with Gasteiger partial charge < -0.3 is 4.74 Å². The molecule has 1 aliphatic heterocycles. The number of hydrogen-bond acceptors (Lipinski definition) is 2. The summed E-state index contributed by atoms with van der Waals surface area (Å²) in [5, 5.41) is 0.544. The Hall–Kier alpha value is -0.540. The number of carbonyl (C=O) groups is 1. The molecule has 1 aromatic carbocycles. The van der Waals surface area contributed by atoms with Gasteiger partial charge in [0.1, 0.15) is 11.9 Å². The highest BCUT2D eigenvalue weighted by atomic mass is 79.9. The number of hydrogen-bond donors (Lipinski definition) is 0. The Labute approximate surface area is 95.3 Å². The predicted molar refractivity (Wildman–Crippen MR) is 58.2 cm³/mol. The Morgan fingerprint density at radius 2 is 2.29 bits per heavy atom. The predicted octanol–water partition coefficient (Wildman–Crippen LogP) is 3.46. The summed E-state index contributed by atoms with van der Waals surface area (Å²) >= 11 is 9.17. The van der Waals surface area contributed by atoms with E-state index in [1.807, 2.05) is 6.92 Å². The quantitative estimate of drug-likeness (QED) is 0.725. The topological polar surface area (TPSA) is 26.3 Å². The van der Waals surface area contributed by atoms with Gasteiger partial charge in [0.25, 0.3) is 0 Å². The summed E-state index contributed by atoms with van der Waals surface area (Å²) in [5.41, 5.74) is 0.572. The van der Waals surface area contributed by atoms with Gasteiger partial charge >= 0.3 is 0 Å². The van der Waals surface area contributed by atoms with Gasteiger partial charge in [-0.15, -0.1) is 0 Å². The first-order chi connectivity index (χ1) is 6.58. The molecule has 0 bridgehead atoms. The molecule has 2 nitrogen and oxygen atoms in total. The lowest BCUT2D eigenvalue weighted by molar-refractivity contribution is 0.0869. The SMILES string of the molecule is CC1CC(=O)c2cc(Cl)cc(Br)c2O1. The number of ether oxygens (including phenoxy) is 1. The van der Waals surface area contributed by atoms with Crippen LogP contribution in [0.15, 0.2) is 16.6 Å². The van der Waals surface area contributed by atoms with Crippen LogP contribution in [0.3, 0.4) is 0 Å². The molecule has 0 saturated carbocycles. The molecule has 1 unspecified atom stereocenters. The van der Waals surface area contributed by atoms with Crippen molar-refractivity contribution >= 4 is 33.3 Å². The van der Waals surface area contributed by atoms with Gasteiger partial charge in [0.2, 0.25) is 0 Å². The number of rotatable bonds is 0. The van der Waals surface area contributed by atoms with Crippen molar-refractivity contribution in [2.24, 2.45) is 0 Å². The van der Waals surface area contributed by atoms with Crippen molar-refractivity contribution in [1.82, 2.24) is 0 Å². The maximum Gasteiger partial charge on any atom is 0.170 e. The molecule has 2 rings (SSSR count). The van der Waals surface area contributed by atoms with E-state index in [1.54, 1.807) is 12.1 Å². The van der Waals surface area contributed by atoms with E-state index in [0.29, 0.717) is 22.8 Å². The van der Waals surface area contributed by atoms with E-state index in [2.05, 4.69) is 15.9 Å². The molecule has 0 radical (unpaired) electrons. The zero-order valence-corrected chi connectivity index (χ0v) is 9.85. The van der Waals surface area contributed by atoms with E-state index in [4.69, 9.17) is 16.3 Å². The fourth-order valence-corrected chi connectivity index (χ4v) is 2.40. The first-order valence-corrected chi connectivity index (χ1v) is 5.44. The van der Waals surface area contributed by atoms with Crippen LogP contribution >= 0.6 is 27.5 Å². The van der Waals surface area contributed by atoms with Crippen LogP contribution in [0.4, 0.5) is 0 Å².